The highest BCUT2D eigenvalue weighted by Gasteiger charge is 2.21. The molecule has 3 aromatic carbocycles. The van der Waals surface area contributed by atoms with Crippen LogP contribution in [0.3, 0.4) is 0 Å². The van der Waals surface area contributed by atoms with Crippen LogP contribution in [0.15, 0.2) is 77.3 Å². The third-order valence-corrected chi connectivity index (χ3v) is 6.21. The molecule has 0 N–H and O–H groups in total. The van der Waals surface area contributed by atoms with Crippen molar-refractivity contribution in [2.24, 2.45) is 0 Å². The second-order valence-corrected chi connectivity index (χ2v) is 8.58. The molecule has 0 amide bonds. The van der Waals surface area contributed by atoms with E-state index in [2.05, 4.69) is 93.3 Å². The Morgan fingerprint density at radius 3 is 2.23 bits per heavy atom. The van der Waals surface area contributed by atoms with Crippen LogP contribution in [0.2, 0.25) is 0 Å². The van der Waals surface area contributed by atoms with Gasteiger partial charge in [-0.15, -0.1) is 0 Å². The third-order valence-electron chi connectivity index (χ3n) is 5.71. The minimum absolute atomic E-state index is 0.813. The maximum absolute atomic E-state index is 5.03. The van der Waals surface area contributed by atoms with Gasteiger partial charge in [-0.1, -0.05) is 64.5 Å². The summed E-state index contributed by atoms with van der Waals surface area (Å²) >= 11 is 3.60. The molecule has 0 spiro atoms. The minimum atomic E-state index is 0.813. The molecule has 2 heterocycles. The number of rotatable bonds is 3. The van der Waals surface area contributed by atoms with E-state index in [4.69, 9.17) is 9.97 Å². The maximum atomic E-state index is 5.03. The third kappa shape index (κ3) is 3.65. The van der Waals surface area contributed by atoms with Crippen LogP contribution in [0.25, 0.3) is 22.2 Å². The van der Waals surface area contributed by atoms with Gasteiger partial charge >= 0.3 is 0 Å². The van der Waals surface area contributed by atoms with Crippen LogP contribution in [-0.2, 0) is 0 Å². The molecular formula is C25H23BrN4. The van der Waals surface area contributed by atoms with Crippen molar-refractivity contribution in [3.63, 3.8) is 0 Å². The fourth-order valence-corrected chi connectivity index (χ4v) is 4.47. The lowest BCUT2D eigenvalue weighted by atomic mass is 10.1. The molecule has 1 saturated heterocycles. The van der Waals surface area contributed by atoms with Gasteiger partial charge in [0.25, 0.3) is 0 Å². The van der Waals surface area contributed by atoms with Gasteiger partial charge in [0.05, 0.1) is 11.2 Å². The van der Waals surface area contributed by atoms with Crippen molar-refractivity contribution in [1.29, 1.82) is 0 Å². The summed E-state index contributed by atoms with van der Waals surface area (Å²) in [6, 6.07) is 25.2. The maximum Gasteiger partial charge on any atom is 0.226 e. The average molecular weight is 459 g/mol. The molecule has 0 bridgehead atoms. The lowest BCUT2D eigenvalue weighted by molar-refractivity contribution is 0.640. The summed E-state index contributed by atoms with van der Waals surface area (Å²) in [4.78, 5) is 14.7. The Morgan fingerprint density at radius 1 is 0.767 bits per heavy atom. The summed E-state index contributed by atoms with van der Waals surface area (Å²) in [6.07, 6.45) is 0. The van der Waals surface area contributed by atoms with E-state index in [-0.39, 0.29) is 0 Å². The van der Waals surface area contributed by atoms with Crippen LogP contribution in [0.5, 0.6) is 0 Å². The summed E-state index contributed by atoms with van der Waals surface area (Å²) < 4.78 is 1.04. The number of fused-ring (bicyclic) bond motifs is 1. The summed E-state index contributed by atoms with van der Waals surface area (Å²) in [6.45, 7) is 5.92. The molecule has 0 aliphatic carbocycles. The zero-order valence-corrected chi connectivity index (χ0v) is 18.5. The van der Waals surface area contributed by atoms with Crippen LogP contribution in [0, 0.1) is 6.92 Å². The first-order valence-corrected chi connectivity index (χ1v) is 11.1. The summed E-state index contributed by atoms with van der Waals surface area (Å²) in [5.74, 6) is 0.813. The first-order chi connectivity index (χ1) is 14.7. The van der Waals surface area contributed by atoms with Gasteiger partial charge < -0.3 is 9.80 Å². The number of para-hydroxylation sites is 1. The van der Waals surface area contributed by atoms with Crippen LogP contribution in [0.4, 0.5) is 11.6 Å². The molecule has 5 rings (SSSR count). The standard InChI is InChI=1S/C25H23BrN4/c1-18-7-5-6-10-23(18)29-13-15-30(16-14-29)25-27-22-12-11-20(26)17-21(22)24(28-25)19-8-3-2-4-9-19/h2-12,17H,13-16H2,1H3. The van der Waals surface area contributed by atoms with Gasteiger partial charge in [-0.2, -0.15) is 0 Å². The van der Waals surface area contributed by atoms with E-state index >= 15 is 0 Å². The normalized spacial score (nSPS) is 14.3. The summed E-state index contributed by atoms with van der Waals surface area (Å²) in [7, 11) is 0. The molecule has 4 aromatic rings. The molecule has 150 valence electrons. The number of anilines is 2. The van der Waals surface area contributed by atoms with Crippen molar-refractivity contribution < 1.29 is 0 Å². The minimum Gasteiger partial charge on any atom is -0.368 e. The Kier molecular flexibility index (Phi) is 5.13. The molecule has 30 heavy (non-hydrogen) atoms. The molecule has 1 aliphatic heterocycles. The quantitative estimate of drug-likeness (QED) is 0.394. The van der Waals surface area contributed by atoms with Crippen molar-refractivity contribution in [2.45, 2.75) is 6.92 Å². The van der Waals surface area contributed by atoms with Gasteiger partial charge in [0.1, 0.15) is 0 Å². The van der Waals surface area contributed by atoms with Crippen molar-refractivity contribution in [1.82, 2.24) is 9.97 Å². The van der Waals surface area contributed by atoms with E-state index in [1.807, 2.05) is 12.1 Å². The Hall–Kier alpha value is -2.92. The molecule has 0 radical (unpaired) electrons. The lowest BCUT2D eigenvalue weighted by Gasteiger charge is -2.37. The van der Waals surface area contributed by atoms with Crippen LogP contribution in [-0.4, -0.2) is 36.1 Å². The summed E-state index contributed by atoms with van der Waals surface area (Å²) in [5.41, 5.74) is 5.72. The first-order valence-electron chi connectivity index (χ1n) is 10.3. The fourth-order valence-electron chi connectivity index (χ4n) is 4.11. The fraction of sp³-hybridized carbons (Fsp3) is 0.200. The molecule has 1 aliphatic rings. The van der Waals surface area contributed by atoms with Crippen LogP contribution in [0.1, 0.15) is 5.56 Å². The predicted molar refractivity (Wildman–Crippen MR) is 128 cm³/mol. The van der Waals surface area contributed by atoms with Gasteiger partial charge in [-0.25, -0.2) is 9.97 Å². The van der Waals surface area contributed by atoms with Crippen molar-refractivity contribution in [2.75, 3.05) is 36.0 Å². The Labute approximate surface area is 185 Å². The smallest absolute Gasteiger partial charge is 0.226 e. The predicted octanol–water partition coefficient (Wildman–Crippen LogP) is 5.69. The van der Waals surface area contributed by atoms with Crippen molar-refractivity contribution in [3.8, 4) is 11.3 Å². The number of halogens is 1. The highest BCUT2D eigenvalue weighted by atomic mass is 79.9. The number of benzene rings is 3. The highest BCUT2D eigenvalue weighted by molar-refractivity contribution is 9.10. The monoisotopic (exact) mass is 458 g/mol. The van der Waals surface area contributed by atoms with E-state index < -0.39 is 0 Å². The van der Waals surface area contributed by atoms with Crippen LogP contribution >= 0.6 is 15.9 Å². The Morgan fingerprint density at radius 2 is 1.47 bits per heavy atom. The van der Waals surface area contributed by atoms with Crippen LogP contribution < -0.4 is 9.80 Å². The molecule has 1 fully saturated rings. The summed E-state index contributed by atoms with van der Waals surface area (Å²) in [5, 5.41) is 1.07. The van der Waals surface area contributed by atoms with Gasteiger partial charge in [0.15, 0.2) is 0 Å². The van der Waals surface area contributed by atoms with Gasteiger partial charge in [-0.05, 0) is 36.8 Å². The Balaban J connectivity index is 1.48. The Bertz CT molecular complexity index is 1180. The van der Waals surface area contributed by atoms with Gasteiger partial charge in [0.2, 0.25) is 5.95 Å². The second-order valence-electron chi connectivity index (χ2n) is 7.66. The molecular weight excluding hydrogens is 436 g/mol. The zero-order chi connectivity index (χ0) is 20.5. The second kappa shape index (κ2) is 8.07. The van der Waals surface area contributed by atoms with Crippen molar-refractivity contribution >= 4 is 38.5 Å². The van der Waals surface area contributed by atoms with E-state index in [0.717, 1.165) is 58.8 Å². The number of aryl methyl sites for hydroxylation is 1. The van der Waals surface area contributed by atoms with Gasteiger partial charge in [-0.3, -0.25) is 0 Å². The van der Waals surface area contributed by atoms with Crippen molar-refractivity contribution in [3.05, 3.63) is 82.8 Å². The number of piperazine rings is 1. The molecule has 0 unspecified atom stereocenters. The largest absolute Gasteiger partial charge is 0.368 e. The molecule has 0 saturated carbocycles. The molecule has 5 heteroatoms. The average Bonchev–Trinajstić information content (AvgIpc) is 2.79. The van der Waals surface area contributed by atoms with Gasteiger partial charge in [0, 0.05) is 47.3 Å². The molecule has 1 aromatic heterocycles. The molecule has 4 nitrogen and oxygen atoms in total. The SMILES string of the molecule is Cc1ccccc1N1CCN(c2nc(-c3ccccc3)c3cc(Br)ccc3n2)CC1. The molecule has 0 atom stereocenters. The number of hydrogen-bond donors (Lipinski definition) is 0. The van der Waals surface area contributed by atoms with E-state index in [0.29, 0.717) is 0 Å². The van der Waals surface area contributed by atoms with E-state index in [9.17, 15) is 0 Å². The zero-order valence-electron chi connectivity index (χ0n) is 16.9. The lowest BCUT2D eigenvalue weighted by Crippen LogP contribution is -2.47. The number of nitrogens with zero attached hydrogens (tertiary/aromatic N) is 4. The van der Waals surface area contributed by atoms with E-state index in [1.165, 1.54) is 11.3 Å². The first kappa shape index (κ1) is 19.1. The number of aromatic nitrogens is 2. The number of hydrogen-bond acceptors (Lipinski definition) is 4. The topological polar surface area (TPSA) is 32.3 Å². The van der Waals surface area contributed by atoms with E-state index in [1.54, 1.807) is 0 Å². The highest BCUT2D eigenvalue weighted by Crippen LogP contribution is 2.31.